The van der Waals surface area contributed by atoms with Gasteiger partial charge in [0.25, 0.3) is 0 Å². The van der Waals surface area contributed by atoms with Crippen LogP contribution in [0.25, 0.3) is 0 Å². The number of rotatable bonds is 9. The van der Waals surface area contributed by atoms with Gasteiger partial charge in [0.05, 0.1) is 26.2 Å². The van der Waals surface area contributed by atoms with E-state index in [1.165, 1.54) is 0 Å². The molecule has 1 aromatic rings. The lowest BCUT2D eigenvalue weighted by Crippen LogP contribution is -2.19. The van der Waals surface area contributed by atoms with Crippen molar-refractivity contribution in [3.63, 3.8) is 0 Å². The summed E-state index contributed by atoms with van der Waals surface area (Å²) < 4.78 is 15.0. The zero-order chi connectivity index (χ0) is 13.9. The molecule has 106 valence electrons. The summed E-state index contributed by atoms with van der Waals surface area (Å²) in [5, 5.41) is 0. The smallest absolute Gasteiger partial charge is 0.307 e. The molecule has 5 heteroatoms. The number of carbonyl (C=O) groups is 1. The summed E-state index contributed by atoms with van der Waals surface area (Å²) in [4.78, 5) is 11.5. The Balaban J connectivity index is 2.14. The second-order valence-electron chi connectivity index (χ2n) is 4.05. The molecule has 0 saturated carbocycles. The second kappa shape index (κ2) is 9.49. The van der Waals surface area contributed by atoms with Gasteiger partial charge in [-0.1, -0.05) is 30.3 Å². The predicted molar refractivity (Wildman–Crippen MR) is 71.6 cm³/mol. The van der Waals surface area contributed by atoms with Crippen LogP contribution in [0.15, 0.2) is 30.3 Å². The van der Waals surface area contributed by atoms with Crippen molar-refractivity contribution in [2.75, 3.05) is 33.5 Å². The molecule has 0 aliphatic rings. The highest BCUT2D eigenvalue weighted by Gasteiger charge is 2.12. The third kappa shape index (κ3) is 6.91. The molecule has 0 spiro atoms. The average Bonchev–Trinajstić information content (AvgIpc) is 2.43. The summed E-state index contributed by atoms with van der Waals surface area (Å²) in [5.74, 6) is -0.313. The summed E-state index contributed by atoms with van der Waals surface area (Å²) in [6.07, 6.45) is 0.169. The van der Waals surface area contributed by atoms with E-state index in [0.29, 0.717) is 19.8 Å². The van der Waals surface area contributed by atoms with Gasteiger partial charge < -0.3 is 19.9 Å². The van der Waals surface area contributed by atoms with Crippen LogP contribution >= 0.6 is 0 Å². The number of esters is 1. The molecule has 2 N–H and O–H groups in total. The van der Waals surface area contributed by atoms with Crippen LogP contribution in [0.3, 0.4) is 0 Å². The van der Waals surface area contributed by atoms with Crippen LogP contribution < -0.4 is 5.73 Å². The molecular formula is C14H21NO4. The van der Waals surface area contributed by atoms with Crippen LogP contribution in [-0.2, 0) is 19.0 Å². The van der Waals surface area contributed by atoms with Crippen molar-refractivity contribution in [3.05, 3.63) is 35.9 Å². The van der Waals surface area contributed by atoms with E-state index in [4.69, 9.17) is 19.9 Å². The maximum absolute atomic E-state index is 11.5. The number of carbonyl (C=O) groups excluding carboxylic acids is 1. The molecule has 19 heavy (non-hydrogen) atoms. The predicted octanol–water partition coefficient (Wildman–Crippen LogP) is 1.28. The number of methoxy groups -OCH3 is 1. The molecule has 0 aliphatic heterocycles. The van der Waals surface area contributed by atoms with E-state index >= 15 is 0 Å². The maximum Gasteiger partial charge on any atom is 0.307 e. The monoisotopic (exact) mass is 267 g/mol. The van der Waals surface area contributed by atoms with Gasteiger partial charge in [0.15, 0.2) is 0 Å². The van der Waals surface area contributed by atoms with E-state index in [0.717, 1.165) is 5.56 Å². The maximum atomic E-state index is 11.5. The van der Waals surface area contributed by atoms with E-state index in [2.05, 4.69) is 0 Å². The standard InChI is InChI=1S/C14H21NO4/c1-17-7-8-18-9-10-19-14(16)11-13(15)12-5-3-2-4-6-12/h2-6,13H,7-11,15H2,1H3. The van der Waals surface area contributed by atoms with Crippen molar-refractivity contribution in [1.82, 2.24) is 0 Å². The number of benzene rings is 1. The van der Waals surface area contributed by atoms with Crippen LogP contribution in [0.4, 0.5) is 0 Å². The molecule has 1 unspecified atom stereocenters. The Hall–Kier alpha value is -1.43. The van der Waals surface area contributed by atoms with Crippen molar-refractivity contribution in [3.8, 4) is 0 Å². The van der Waals surface area contributed by atoms with Crippen molar-refractivity contribution >= 4 is 5.97 Å². The Bertz CT molecular complexity index is 356. The molecule has 0 amide bonds. The van der Waals surface area contributed by atoms with Gasteiger partial charge in [0.1, 0.15) is 6.61 Å². The Morgan fingerprint density at radius 1 is 1.16 bits per heavy atom. The van der Waals surface area contributed by atoms with Crippen LogP contribution in [0.5, 0.6) is 0 Å². The lowest BCUT2D eigenvalue weighted by atomic mass is 10.1. The summed E-state index contributed by atoms with van der Waals surface area (Å²) in [5.41, 5.74) is 6.84. The molecule has 0 radical (unpaired) electrons. The van der Waals surface area contributed by atoms with Gasteiger partial charge in [-0.3, -0.25) is 4.79 Å². The summed E-state index contributed by atoms with van der Waals surface area (Å²) in [6, 6.07) is 9.15. The van der Waals surface area contributed by atoms with Gasteiger partial charge >= 0.3 is 5.97 Å². The number of hydrogen-bond acceptors (Lipinski definition) is 5. The molecule has 0 aliphatic carbocycles. The molecule has 0 saturated heterocycles. The third-order valence-corrected chi connectivity index (χ3v) is 2.54. The van der Waals surface area contributed by atoms with E-state index in [-0.39, 0.29) is 25.0 Å². The van der Waals surface area contributed by atoms with Crippen molar-refractivity contribution in [2.45, 2.75) is 12.5 Å². The average molecular weight is 267 g/mol. The van der Waals surface area contributed by atoms with Crippen molar-refractivity contribution in [1.29, 1.82) is 0 Å². The highest BCUT2D eigenvalue weighted by Crippen LogP contribution is 2.13. The second-order valence-corrected chi connectivity index (χ2v) is 4.05. The van der Waals surface area contributed by atoms with Gasteiger partial charge in [-0.05, 0) is 5.56 Å². The van der Waals surface area contributed by atoms with Gasteiger partial charge in [-0.25, -0.2) is 0 Å². The molecule has 0 aromatic heterocycles. The molecule has 0 fully saturated rings. The fourth-order valence-corrected chi connectivity index (χ4v) is 1.52. The Morgan fingerprint density at radius 2 is 1.84 bits per heavy atom. The zero-order valence-electron chi connectivity index (χ0n) is 11.2. The minimum Gasteiger partial charge on any atom is -0.463 e. The number of hydrogen-bond donors (Lipinski definition) is 1. The summed E-state index contributed by atoms with van der Waals surface area (Å²) >= 11 is 0. The minimum atomic E-state index is -0.330. The van der Waals surface area contributed by atoms with Gasteiger partial charge in [0.2, 0.25) is 0 Å². The highest BCUT2D eigenvalue weighted by molar-refractivity contribution is 5.70. The molecule has 1 aromatic carbocycles. The summed E-state index contributed by atoms with van der Waals surface area (Å²) in [7, 11) is 1.61. The Labute approximate surface area is 113 Å². The van der Waals surface area contributed by atoms with Crippen molar-refractivity contribution < 1.29 is 19.0 Å². The first kappa shape index (κ1) is 15.6. The van der Waals surface area contributed by atoms with Crippen molar-refractivity contribution in [2.24, 2.45) is 5.73 Å². The number of nitrogens with two attached hydrogens (primary N) is 1. The SMILES string of the molecule is COCCOCCOC(=O)CC(N)c1ccccc1. The van der Waals surface area contributed by atoms with Crippen LogP contribution in [0.2, 0.25) is 0 Å². The molecule has 0 bridgehead atoms. The Kier molecular flexibility index (Phi) is 7.81. The molecular weight excluding hydrogens is 246 g/mol. The fraction of sp³-hybridized carbons (Fsp3) is 0.500. The van der Waals surface area contributed by atoms with Crippen LogP contribution in [0.1, 0.15) is 18.0 Å². The molecule has 5 nitrogen and oxygen atoms in total. The quantitative estimate of drug-likeness (QED) is 0.539. The normalized spacial score (nSPS) is 12.1. The summed E-state index contributed by atoms with van der Waals surface area (Å²) in [6.45, 7) is 1.64. The Morgan fingerprint density at radius 3 is 2.53 bits per heavy atom. The first-order chi connectivity index (χ1) is 9.24. The first-order valence-electron chi connectivity index (χ1n) is 6.27. The first-order valence-corrected chi connectivity index (χ1v) is 6.27. The van der Waals surface area contributed by atoms with Gasteiger partial charge in [-0.15, -0.1) is 0 Å². The largest absolute Gasteiger partial charge is 0.463 e. The van der Waals surface area contributed by atoms with Gasteiger partial charge in [0, 0.05) is 13.2 Å². The third-order valence-electron chi connectivity index (χ3n) is 2.54. The lowest BCUT2D eigenvalue weighted by molar-refractivity contribution is -0.145. The van der Waals surface area contributed by atoms with E-state index in [1.54, 1.807) is 7.11 Å². The molecule has 1 rings (SSSR count). The zero-order valence-corrected chi connectivity index (χ0v) is 11.2. The molecule has 1 atom stereocenters. The van der Waals surface area contributed by atoms with Crippen LogP contribution in [-0.4, -0.2) is 39.5 Å². The molecule has 0 heterocycles. The van der Waals surface area contributed by atoms with E-state index < -0.39 is 0 Å². The highest BCUT2D eigenvalue weighted by atomic mass is 16.6. The van der Waals surface area contributed by atoms with E-state index in [1.807, 2.05) is 30.3 Å². The van der Waals surface area contributed by atoms with Gasteiger partial charge in [-0.2, -0.15) is 0 Å². The topological polar surface area (TPSA) is 70.8 Å². The minimum absolute atomic E-state index is 0.169. The lowest BCUT2D eigenvalue weighted by Gasteiger charge is -2.11. The van der Waals surface area contributed by atoms with Crippen LogP contribution in [0, 0.1) is 0 Å². The fourth-order valence-electron chi connectivity index (χ4n) is 1.52. The van der Waals surface area contributed by atoms with E-state index in [9.17, 15) is 4.79 Å². The number of ether oxygens (including phenoxy) is 3.